The molecule has 1 unspecified atom stereocenters. The third-order valence-electron chi connectivity index (χ3n) is 3.63. The summed E-state index contributed by atoms with van der Waals surface area (Å²) in [6, 6.07) is 0.157. The monoisotopic (exact) mass is 210 g/mol. The minimum absolute atomic E-state index is 0.0297. The normalized spacial score (nSPS) is 29.4. The van der Waals surface area contributed by atoms with Crippen LogP contribution < -0.4 is 5.32 Å². The summed E-state index contributed by atoms with van der Waals surface area (Å²) in [4.78, 5) is 13.3. The van der Waals surface area contributed by atoms with Crippen LogP contribution >= 0.6 is 0 Å². The first-order valence-corrected chi connectivity index (χ1v) is 5.47. The molecule has 2 heterocycles. The van der Waals surface area contributed by atoms with Gasteiger partial charge in [-0.2, -0.15) is 0 Å². The van der Waals surface area contributed by atoms with Crippen molar-refractivity contribution in [3.05, 3.63) is 12.7 Å². The highest BCUT2D eigenvalue weighted by molar-refractivity contribution is 5.87. The second-order valence-electron chi connectivity index (χ2n) is 4.28. The first-order chi connectivity index (χ1) is 7.19. The molecule has 0 aromatic heterocycles. The Balaban J connectivity index is 2.11. The van der Waals surface area contributed by atoms with Crippen LogP contribution in [0.15, 0.2) is 12.7 Å². The number of piperidine rings is 1. The molecule has 2 saturated heterocycles. The Morgan fingerprint density at radius 1 is 1.60 bits per heavy atom. The summed E-state index contributed by atoms with van der Waals surface area (Å²) in [5, 5.41) is 3.31. The molecule has 2 fully saturated rings. The Hall–Kier alpha value is -0.870. The Morgan fingerprint density at radius 2 is 2.27 bits per heavy atom. The predicted molar refractivity (Wildman–Crippen MR) is 57.3 cm³/mol. The maximum absolute atomic E-state index is 11.6. The van der Waals surface area contributed by atoms with Gasteiger partial charge in [-0.05, 0) is 38.9 Å². The van der Waals surface area contributed by atoms with Gasteiger partial charge in [-0.1, -0.05) is 6.58 Å². The molecule has 4 heteroatoms. The third-order valence-corrected chi connectivity index (χ3v) is 3.63. The van der Waals surface area contributed by atoms with Crippen molar-refractivity contribution in [2.24, 2.45) is 0 Å². The van der Waals surface area contributed by atoms with Crippen LogP contribution in [0.3, 0.4) is 0 Å². The van der Waals surface area contributed by atoms with E-state index in [9.17, 15) is 4.79 Å². The Kier molecular flexibility index (Phi) is 2.80. The van der Waals surface area contributed by atoms with Crippen molar-refractivity contribution < 1.29 is 9.53 Å². The number of amides is 1. The standard InChI is InChI=1S/C11H18N2O2/c1-3-10(14)13-8-15-11(9(13)2)4-6-12-7-5-11/h3,9,12H,1,4-8H2,2H3. The zero-order valence-electron chi connectivity index (χ0n) is 9.16. The number of hydrogen-bond acceptors (Lipinski definition) is 3. The van der Waals surface area contributed by atoms with E-state index in [1.165, 1.54) is 6.08 Å². The van der Waals surface area contributed by atoms with Crippen LogP contribution in [-0.2, 0) is 9.53 Å². The van der Waals surface area contributed by atoms with E-state index in [-0.39, 0.29) is 17.6 Å². The van der Waals surface area contributed by atoms with Crippen LogP contribution in [0.4, 0.5) is 0 Å². The zero-order valence-corrected chi connectivity index (χ0v) is 9.16. The fraction of sp³-hybridized carbons (Fsp3) is 0.727. The lowest BCUT2D eigenvalue weighted by atomic mass is 9.86. The number of carbonyl (C=O) groups excluding carboxylic acids is 1. The number of nitrogens with zero attached hydrogens (tertiary/aromatic N) is 1. The highest BCUT2D eigenvalue weighted by atomic mass is 16.5. The van der Waals surface area contributed by atoms with Crippen molar-refractivity contribution in [3.63, 3.8) is 0 Å². The fourth-order valence-corrected chi connectivity index (χ4v) is 2.50. The number of ether oxygens (including phenoxy) is 1. The van der Waals surface area contributed by atoms with Crippen molar-refractivity contribution in [1.29, 1.82) is 0 Å². The first-order valence-electron chi connectivity index (χ1n) is 5.47. The van der Waals surface area contributed by atoms with Crippen LogP contribution in [0.5, 0.6) is 0 Å². The molecule has 0 aromatic rings. The van der Waals surface area contributed by atoms with Gasteiger partial charge in [0, 0.05) is 0 Å². The lowest BCUT2D eigenvalue weighted by molar-refractivity contribution is -0.127. The van der Waals surface area contributed by atoms with Gasteiger partial charge in [-0.15, -0.1) is 0 Å². The van der Waals surface area contributed by atoms with Crippen LogP contribution in [0.25, 0.3) is 0 Å². The molecule has 1 amide bonds. The third kappa shape index (κ3) is 1.68. The van der Waals surface area contributed by atoms with Crippen molar-refractivity contribution >= 4 is 5.91 Å². The van der Waals surface area contributed by atoms with Crippen LogP contribution in [-0.4, -0.2) is 42.3 Å². The molecule has 0 aliphatic carbocycles. The van der Waals surface area contributed by atoms with Gasteiger partial charge in [0.15, 0.2) is 0 Å². The van der Waals surface area contributed by atoms with Crippen LogP contribution in [0.1, 0.15) is 19.8 Å². The van der Waals surface area contributed by atoms with Crippen LogP contribution in [0.2, 0.25) is 0 Å². The van der Waals surface area contributed by atoms with Crippen LogP contribution in [0, 0.1) is 0 Å². The van der Waals surface area contributed by atoms with E-state index in [1.807, 2.05) is 0 Å². The van der Waals surface area contributed by atoms with Crippen molar-refractivity contribution in [3.8, 4) is 0 Å². The van der Waals surface area contributed by atoms with Gasteiger partial charge in [0.25, 0.3) is 0 Å². The quantitative estimate of drug-likeness (QED) is 0.641. The average molecular weight is 210 g/mol. The van der Waals surface area contributed by atoms with Gasteiger partial charge in [0.1, 0.15) is 6.73 Å². The van der Waals surface area contributed by atoms with E-state index in [0.717, 1.165) is 25.9 Å². The summed E-state index contributed by atoms with van der Waals surface area (Å²) in [5.41, 5.74) is -0.121. The molecular formula is C11H18N2O2. The number of rotatable bonds is 1. The van der Waals surface area contributed by atoms with Gasteiger partial charge < -0.3 is 15.0 Å². The van der Waals surface area contributed by atoms with Crippen molar-refractivity contribution in [2.45, 2.75) is 31.4 Å². The van der Waals surface area contributed by atoms with E-state index in [4.69, 9.17) is 4.74 Å². The molecule has 0 radical (unpaired) electrons. The van der Waals surface area contributed by atoms with Crippen molar-refractivity contribution in [1.82, 2.24) is 10.2 Å². The average Bonchev–Trinajstić information content (AvgIpc) is 2.58. The molecular weight excluding hydrogens is 192 g/mol. The van der Waals surface area contributed by atoms with E-state index in [2.05, 4.69) is 18.8 Å². The summed E-state index contributed by atoms with van der Waals surface area (Å²) in [6.07, 6.45) is 3.32. The smallest absolute Gasteiger partial charge is 0.248 e. The van der Waals surface area contributed by atoms with E-state index >= 15 is 0 Å². The first kappa shape index (κ1) is 10.6. The van der Waals surface area contributed by atoms with E-state index < -0.39 is 0 Å². The Morgan fingerprint density at radius 3 is 2.87 bits per heavy atom. The number of hydrogen-bond donors (Lipinski definition) is 1. The molecule has 15 heavy (non-hydrogen) atoms. The largest absolute Gasteiger partial charge is 0.352 e. The van der Waals surface area contributed by atoms with Gasteiger partial charge in [0.2, 0.25) is 5.91 Å². The molecule has 4 nitrogen and oxygen atoms in total. The number of nitrogens with one attached hydrogen (secondary N) is 1. The summed E-state index contributed by atoms with van der Waals surface area (Å²) >= 11 is 0. The molecule has 84 valence electrons. The minimum atomic E-state index is -0.121. The Labute approximate surface area is 90.3 Å². The second kappa shape index (κ2) is 3.94. The lowest BCUT2D eigenvalue weighted by Crippen LogP contribution is -2.50. The molecule has 0 aromatic carbocycles. The van der Waals surface area contributed by atoms with Gasteiger partial charge in [0.05, 0.1) is 11.6 Å². The fourth-order valence-electron chi connectivity index (χ4n) is 2.50. The summed E-state index contributed by atoms with van der Waals surface area (Å²) in [5.74, 6) is -0.0297. The summed E-state index contributed by atoms with van der Waals surface area (Å²) in [6.45, 7) is 7.94. The van der Waals surface area contributed by atoms with E-state index in [0.29, 0.717) is 6.73 Å². The molecule has 1 spiro atoms. The van der Waals surface area contributed by atoms with Gasteiger partial charge >= 0.3 is 0 Å². The molecule has 2 aliphatic rings. The highest BCUT2D eigenvalue weighted by Gasteiger charge is 2.47. The van der Waals surface area contributed by atoms with Gasteiger partial charge in [-0.25, -0.2) is 0 Å². The lowest BCUT2D eigenvalue weighted by Gasteiger charge is -2.37. The Bertz CT molecular complexity index is 272. The van der Waals surface area contributed by atoms with E-state index in [1.54, 1.807) is 4.90 Å². The summed E-state index contributed by atoms with van der Waals surface area (Å²) < 4.78 is 5.85. The molecule has 0 bridgehead atoms. The molecule has 2 aliphatic heterocycles. The number of carbonyl (C=O) groups is 1. The molecule has 0 saturated carbocycles. The molecule has 1 atom stereocenters. The highest BCUT2D eigenvalue weighted by Crippen LogP contribution is 2.35. The summed E-state index contributed by atoms with van der Waals surface area (Å²) in [7, 11) is 0. The second-order valence-corrected chi connectivity index (χ2v) is 4.28. The molecule has 2 rings (SSSR count). The van der Waals surface area contributed by atoms with Gasteiger partial charge in [-0.3, -0.25) is 4.79 Å². The van der Waals surface area contributed by atoms with Crippen molar-refractivity contribution in [2.75, 3.05) is 19.8 Å². The maximum atomic E-state index is 11.6. The molecule has 1 N–H and O–H groups in total. The maximum Gasteiger partial charge on any atom is 0.248 e. The zero-order chi connectivity index (χ0) is 10.9. The topological polar surface area (TPSA) is 41.6 Å². The SMILES string of the molecule is C=CC(=O)N1COC2(CCNCC2)C1C. The minimum Gasteiger partial charge on any atom is -0.352 e. The predicted octanol–water partition coefficient (Wildman–Crippen LogP) is 0.499.